The molecule has 0 radical (unpaired) electrons. The third-order valence-corrected chi connectivity index (χ3v) is 4.23. The fourth-order valence-corrected chi connectivity index (χ4v) is 2.49. The molecule has 6 heteroatoms. The SMILES string of the molecule is CCCCOC(=O)CNS(=O)(=O)c1ccc(CC)cc1. The van der Waals surface area contributed by atoms with Crippen LogP contribution in [0.4, 0.5) is 0 Å². The maximum absolute atomic E-state index is 11.9. The second-order valence-electron chi connectivity index (χ2n) is 4.40. The van der Waals surface area contributed by atoms with Crippen LogP contribution in [-0.2, 0) is 26.0 Å². The number of carbonyl (C=O) groups is 1. The molecule has 1 aromatic carbocycles. The van der Waals surface area contributed by atoms with Gasteiger partial charge in [-0.25, -0.2) is 8.42 Å². The summed E-state index contributed by atoms with van der Waals surface area (Å²) in [5.74, 6) is -0.563. The van der Waals surface area contributed by atoms with E-state index in [0.717, 1.165) is 24.8 Å². The highest BCUT2D eigenvalue weighted by Gasteiger charge is 2.15. The molecule has 1 rings (SSSR count). The first-order chi connectivity index (χ1) is 9.49. The number of hydrogen-bond donors (Lipinski definition) is 1. The summed E-state index contributed by atoms with van der Waals surface area (Å²) >= 11 is 0. The predicted octanol–water partition coefficient (Wildman–Crippen LogP) is 1.87. The van der Waals surface area contributed by atoms with E-state index in [2.05, 4.69) is 4.72 Å². The molecule has 1 aromatic rings. The van der Waals surface area contributed by atoms with E-state index < -0.39 is 16.0 Å². The lowest BCUT2D eigenvalue weighted by Crippen LogP contribution is -2.30. The summed E-state index contributed by atoms with van der Waals surface area (Å²) < 4.78 is 31.0. The van der Waals surface area contributed by atoms with E-state index in [1.54, 1.807) is 12.1 Å². The lowest BCUT2D eigenvalue weighted by atomic mass is 10.2. The minimum Gasteiger partial charge on any atom is -0.465 e. The van der Waals surface area contributed by atoms with Crippen LogP contribution < -0.4 is 4.72 Å². The van der Waals surface area contributed by atoms with E-state index in [4.69, 9.17) is 4.74 Å². The Morgan fingerprint density at radius 2 is 1.85 bits per heavy atom. The highest BCUT2D eigenvalue weighted by Crippen LogP contribution is 2.10. The molecular weight excluding hydrogens is 278 g/mol. The number of benzene rings is 1. The van der Waals surface area contributed by atoms with Crippen molar-refractivity contribution in [3.63, 3.8) is 0 Å². The number of ether oxygens (including phenoxy) is 1. The minimum atomic E-state index is -3.66. The van der Waals surface area contributed by atoms with Crippen LogP contribution >= 0.6 is 0 Å². The molecule has 20 heavy (non-hydrogen) atoms. The Morgan fingerprint density at radius 1 is 1.20 bits per heavy atom. The maximum atomic E-state index is 11.9. The molecule has 0 aromatic heterocycles. The molecule has 0 saturated carbocycles. The van der Waals surface area contributed by atoms with Crippen LogP contribution in [0.5, 0.6) is 0 Å². The first kappa shape index (κ1) is 16.7. The number of unbranched alkanes of at least 4 members (excludes halogenated alkanes) is 1. The van der Waals surface area contributed by atoms with Crippen molar-refractivity contribution in [3.8, 4) is 0 Å². The summed E-state index contributed by atoms with van der Waals surface area (Å²) in [5, 5.41) is 0. The van der Waals surface area contributed by atoms with Crippen molar-refractivity contribution in [3.05, 3.63) is 29.8 Å². The van der Waals surface area contributed by atoms with E-state index in [1.165, 1.54) is 12.1 Å². The smallest absolute Gasteiger partial charge is 0.321 e. The van der Waals surface area contributed by atoms with Gasteiger partial charge in [-0.05, 0) is 30.5 Å². The van der Waals surface area contributed by atoms with Gasteiger partial charge in [-0.15, -0.1) is 0 Å². The largest absolute Gasteiger partial charge is 0.465 e. The van der Waals surface area contributed by atoms with Crippen LogP contribution in [0, 0.1) is 0 Å². The first-order valence-corrected chi connectivity index (χ1v) is 8.22. The molecule has 0 aliphatic rings. The summed E-state index contributed by atoms with van der Waals surface area (Å²) in [7, 11) is -3.66. The van der Waals surface area contributed by atoms with Gasteiger partial charge in [-0.3, -0.25) is 4.79 Å². The molecular formula is C14H21NO4S. The van der Waals surface area contributed by atoms with Gasteiger partial charge >= 0.3 is 5.97 Å². The van der Waals surface area contributed by atoms with Crippen molar-refractivity contribution in [2.75, 3.05) is 13.2 Å². The van der Waals surface area contributed by atoms with E-state index >= 15 is 0 Å². The molecule has 0 atom stereocenters. The molecule has 0 heterocycles. The molecule has 0 fully saturated rings. The lowest BCUT2D eigenvalue weighted by Gasteiger charge is -2.07. The van der Waals surface area contributed by atoms with Crippen molar-refractivity contribution in [2.24, 2.45) is 0 Å². The van der Waals surface area contributed by atoms with Gasteiger partial charge in [0.15, 0.2) is 0 Å². The molecule has 0 amide bonds. The highest BCUT2D eigenvalue weighted by molar-refractivity contribution is 7.89. The van der Waals surface area contributed by atoms with Crippen LogP contribution in [0.25, 0.3) is 0 Å². The van der Waals surface area contributed by atoms with Crippen LogP contribution in [0.3, 0.4) is 0 Å². The van der Waals surface area contributed by atoms with Gasteiger partial charge in [-0.1, -0.05) is 32.4 Å². The van der Waals surface area contributed by atoms with Gasteiger partial charge < -0.3 is 4.74 Å². The van der Waals surface area contributed by atoms with Gasteiger partial charge in [0, 0.05) is 0 Å². The first-order valence-electron chi connectivity index (χ1n) is 6.73. The van der Waals surface area contributed by atoms with E-state index in [1.807, 2.05) is 13.8 Å². The minimum absolute atomic E-state index is 0.149. The van der Waals surface area contributed by atoms with Crippen molar-refractivity contribution in [2.45, 2.75) is 38.0 Å². The summed E-state index contributed by atoms with van der Waals surface area (Å²) in [6.07, 6.45) is 2.54. The fourth-order valence-electron chi connectivity index (χ4n) is 1.52. The lowest BCUT2D eigenvalue weighted by molar-refractivity contribution is -0.142. The molecule has 0 unspecified atom stereocenters. The number of esters is 1. The number of carbonyl (C=O) groups excluding carboxylic acids is 1. The monoisotopic (exact) mass is 299 g/mol. The van der Waals surface area contributed by atoms with E-state index in [-0.39, 0.29) is 11.4 Å². The highest BCUT2D eigenvalue weighted by atomic mass is 32.2. The Labute approximate surface area is 120 Å². The zero-order chi connectivity index (χ0) is 15.0. The van der Waals surface area contributed by atoms with Crippen molar-refractivity contribution in [1.82, 2.24) is 4.72 Å². The Morgan fingerprint density at radius 3 is 2.40 bits per heavy atom. The zero-order valence-corrected chi connectivity index (χ0v) is 12.7. The summed E-state index contributed by atoms with van der Waals surface area (Å²) in [6, 6.07) is 6.58. The second kappa shape index (κ2) is 8.01. The van der Waals surface area contributed by atoms with E-state index in [9.17, 15) is 13.2 Å². The van der Waals surface area contributed by atoms with Crippen LogP contribution in [0.15, 0.2) is 29.2 Å². The Kier molecular flexibility index (Phi) is 6.67. The number of hydrogen-bond acceptors (Lipinski definition) is 4. The Hall–Kier alpha value is -1.40. The third-order valence-electron chi connectivity index (χ3n) is 2.81. The molecule has 112 valence electrons. The molecule has 0 aliphatic carbocycles. The average Bonchev–Trinajstić information content (AvgIpc) is 2.45. The Bertz CT molecular complexity index is 523. The summed E-state index contributed by atoms with van der Waals surface area (Å²) in [5.41, 5.74) is 1.06. The van der Waals surface area contributed by atoms with Crippen LogP contribution in [-0.4, -0.2) is 27.5 Å². The van der Waals surface area contributed by atoms with Gasteiger partial charge in [0.05, 0.1) is 11.5 Å². The van der Waals surface area contributed by atoms with Crippen LogP contribution in [0.1, 0.15) is 32.3 Å². The van der Waals surface area contributed by atoms with Crippen molar-refractivity contribution in [1.29, 1.82) is 0 Å². The molecule has 5 nitrogen and oxygen atoms in total. The Balaban J connectivity index is 2.54. The number of nitrogens with one attached hydrogen (secondary N) is 1. The standard InChI is InChI=1S/C14H21NO4S/c1-3-5-10-19-14(16)11-15-20(17,18)13-8-6-12(4-2)7-9-13/h6-9,15H,3-5,10-11H2,1-2H3. The van der Waals surface area contributed by atoms with Gasteiger partial charge in [-0.2, -0.15) is 4.72 Å². The molecule has 0 spiro atoms. The predicted molar refractivity (Wildman–Crippen MR) is 76.9 cm³/mol. The van der Waals surface area contributed by atoms with Gasteiger partial charge in [0.25, 0.3) is 0 Å². The van der Waals surface area contributed by atoms with Crippen molar-refractivity contribution < 1.29 is 17.9 Å². The molecule has 0 saturated heterocycles. The quantitative estimate of drug-likeness (QED) is 0.587. The summed E-state index contributed by atoms with van der Waals surface area (Å²) in [6.45, 7) is 3.95. The molecule has 0 bridgehead atoms. The fraction of sp³-hybridized carbons (Fsp3) is 0.500. The van der Waals surface area contributed by atoms with E-state index in [0.29, 0.717) is 6.61 Å². The third kappa shape index (κ3) is 5.30. The number of sulfonamides is 1. The van der Waals surface area contributed by atoms with Crippen LogP contribution in [0.2, 0.25) is 0 Å². The number of aryl methyl sites for hydroxylation is 1. The molecule has 1 N–H and O–H groups in total. The van der Waals surface area contributed by atoms with Gasteiger partial charge in [0.1, 0.15) is 6.54 Å². The average molecular weight is 299 g/mol. The maximum Gasteiger partial charge on any atom is 0.321 e. The topological polar surface area (TPSA) is 72.5 Å². The normalized spacial score (nSPS) is 11.3. The number of rotatable bonds is 8. The molecule has 0 aliphatic heterocycles. The van der Waals surface area contributed by atoms with Gasteiger partial charge in [0.2, 0.25) is 10.0 Å². The summed E-state index contributed by atoms with van der Waals surface area (Å²) in [4.78, 5) is 11.5. The zero-order valence-electron chi connectivity index (χ0n) is 11.9. The second-order valence-corrected chi connectivity index (χ2v) is 6.16. The van der Waals surface area contributed by atoms with Crippen molar-refractivity contribution >= 4 is 16.0 Å².